The summed E-state index contributed by atoms with van der Waals surface area (Å²) in [4.78, 5) is 52.3. The quantitative estimate of drug-likeness (QED) is 0.404. The van der Waals surface area contributed by atoms with E-state index in [1.54, 1.807) is 38.1 Å². The third kappa shape index (κ3) is 5.81. The van der Waals surface area contributed by atoms with Gasteiger partial charge in [-0.05, 0) is 26.0 Å². The van der Waals surface area contributed by atoms with E-state index in [-0.39, 0.29) is 35.5 Å². The molecule has 0 aliphatic rings. The second kappa shape index (κ2) is 9.88. The zero-order valence-electron chi connectivity index (χ0n) is 15.9. The Morgan fingerprint density at radius 2 is 1.96 bits per heavy atom. The molecule has 2 N–H and O–H groups in total. The number of carbonyl (C=O) groups excluding carboxylic acids is 3. The van der Waals surface area contributed by atoms with E-state index < -0.39 is 17.9 Å². The molecule has 0 spiro atoms. The number of rotatable bonds is 7. The van der Waals surface area contributed by atoms with Crippen molar-refractivity contribution in [2.45, 2.75) is 38.0 Å². The molecule has 9 nitrogen and oxygen atoms in total. The fraction of sp³-hybridized carbons (Fsp3) is 0.389. The number of hydrogen-bond acceptors (Lipinski definition) is 7. The van der Waals surface area contributed by atoms with Crippen molar-refractivity contribution in [2.24, 2.45) is 0 Å². The molecular weight excluding hydrogens is 384 g/mol. The molecule has 0 atom stereocenters. The van der Waals surface area contributed by atoms with Crippen LogP contribution in [0.15, 0.2) is 34.2 Å². The van der Waals surface area contributed by atoms with Gasteiger partial charge in [-0.2, -0.15) is 0 Å². The summed E-state index contributed by atoms with van der Waals surface area (Å²) >= 11 is 1.01. The van der Waals surface area contributed by atoms with Crippen LogP contribution in [0.2, 0.25) is 0 Å². The maximum absolute atomic E-state index is 12.8. The van der Waals surface area contributed by atoms with Gasteiger partial charge in [0.15, 0.2) is 5.16 Å². The fourth-order valence-corrected chi connectivity index (χ4v) is 3.18. The van der Waals surface area contributed by atoms with Crippen LogP contribution in [0.5, 0.6) is 0 Å². The highest BCUT2D eigenvalue weighted by molar-refractivity contribution is 7.99. The Hall–Kier alpha value is -2.88. The van der Waals surface area contributed by atoms with E-state index in [1.165, 1.54) is 11.7 Å². The third-order valence-electron chi connectivity index (χ3n) is 3.60. The first-order valence-electron chi connectivity index (χ1n) is 8.61. The molecule has 0 aliphatic heterocycles. The lowest BCUT2D eigenvalue weighted by molar-refractivity contribution is -0.140. The zero-order valence-corrected chi connectivity index (χ0v) is 16.7. The molecule has 2 rings (SSSR count). The van der Waals surface area contributed by atoms with Gasteiger partial charge in [0.1, 0.15) is 0 Å². The first kappa shape index (κ1) is 21.4. The largest absolute Gasteiger partial charge is 0.469 e. The lowest BCUT2D eigenvalue weighted by Gasteiger charge is -2.13. The summed E-state index contributed by atoms with van der Waals surface area (Å²) in [6.07, 6.45) is -0.00697. The van der Waals surface area contributed by atoms with Crippen LogP contribution in [-0.4, -0.2) is 46.4 Å². The van der Waals surface area contributed by atoms with Crippen molar-refractivity contribution >= 4 is 40.6 Å². The highest BCUT2D eigenvalue weighted by atomic mass is 32.2. The van der Waals surface area contributed by atoms with Gasteiger partial charge in [0.25, 0.3) is 5.56 Å². The Morgan fingerprint density at radius 1 is 1.25 bits per heavy atom. The number of benzene rings is 1. The van der Waals surface area contributed by atoms with Gasteiger partial charge in [0.2, 0.25) is 5.91 Å². The molecule has 0 unspecified atom stereocenters. The minimum Gasteiger partial charge on any atom is -0.469 e. The van der Waals surface area contributed by atoms with Gasteiger partial charge in [-0.1, -0.05) is 23.9 Å². The minimum atomic E-state index is -0.588. The smallest absolute Gasteiger partial charge is 0.321 e. The topological polar surface area (TPSA) is 119 Å². The molecule has 1 aromatic carbocycles. The molecule has 0 aliphatic carbocycles. The van der Waals surface area contributed by atoms with Gasteiger partial charge in [0, 0.05) is 12.6 Å². The number of urea groups is 1. The van der Waals surface area contributed by atoms with Crippen LogP contribution in [-0.2, 0) is 20.9 Å². The van der Waals surface area contributed by atoms with Crippen LogP contribution in [0, 0.1) is 0 Å². The van der Waals surface area contributed by atoms with Crippen LogP contribution in [0.4, 0.5) is 4.79 Å². The van der Waals surface area contributed by atoms with E-state index in [1.807, 2.05) is 0 Å². The van der Waals surface area contributed by atoms with Gasteiger partial charge in [0.05, 0.1) is 30.2 Å². The number of thioether (sulfide) groups is 1. The molecule has 150 valence electrons. The number of methoxy groups -OCH3 is 1. The van der Waals surface area contributed by atoms with Gasteiger partial charge < -0.3 is 10.1 Å². The Morgan fingerprint density at radius 3 is 2.64 bits per heavy atom. The van der Waals surface area contributed by atoms with Crippen molar-refractivity contribution in [3.63, 3.8) is 0 Å². The van der Waals surface area contributed by atoms with Gasteiger partial charge in [-0.25, -0.2) is 9.78 Å². The summed E-state index contributed by atoms with van der Waals surface area (Å²) in [6, 6.07) is 6.13. The van der Waals surface area contributed by atoms with Gasteiger partial charge in [-0.15, -0.1) is 0 Å². The monoisotopic (exact) mass is 406 g/mol. The summed E-state index contributed by atoms with van der Waals surface area (Å²) in [5.41, 5.74) is 0.178. The maximum atomic E-state index is 12.8. The molecule has 28 heavy (non-hydrogen) atoms. The van der Waals surface area contributed by atoms with Crippen LogP contribution < -0.4 is 16.2 Å². The van der Waals surface area contributed by atoms with Crippen molar-refractivity contribution in [3.8, 4) is 0 Å². The van der Waals surface area contributed by atoms with Crippen molar-refractivity contribution in [1.82, 2.24) is 20.2 Å². The predicted octanol–water partition coefficient (Wildman–Crippen LogP) is 1.29. The molecule has 1 heterocycles. The van der Waals surface area contributed by atoms with E-state index in [2.05, 4.69) is 20.4 Å². The van der Waals surface area contributed by atoms with Crippen LogP contribution >= 0.6 is 11.8 Å². The summed E-state index contributed by atoms with van der Waals surface area (Å²) in [5.74, 6) is -1.10. The number of carbonyl (C=O) groups is 3. The first-order valence-corrected chi connectivity index (χ1v) is 9.60. The highest BCUT2D eigenvalue weighted by Crippen LogP contribution is 2.18. The number of esters is 1. The second-order valence-electron chi connectivity index (χ2n) is 6.16. The zero-order chi connectivity index (χ0) is 20.7. The van der Waals surface area contributed by atoms with Gasteiger partial charge >= 0.3 is 12.0 Å². The molecule has 0 saturated heterocycles. The predicted molar refractivity (Wildman–Crippen MR) is 105 cm³/mol. The summed E-state index contributed by atoms with van der Waals surface area (Å²) in [5, 5.41) is 5.47. The number of imide groups is 1. The lowest BCUT2D eigenvalue weighted by atomic mass is 10.2. The van der Waals surface area contributed by atoms with Gasteiger partial charge in [-0.3, -0.25) is 24.3 Å². The molecular formula is C18H22N4O5S. The number of hydrogen-bond donors (Lipinski definition) is 2. The maximum Gasteiger partial charge on any atom is 0.321 e. The van der Waals surface area contributed by atoms with Crippen LogP contribution in [0.1, 0.15) is 20.3 Å². The molecule has 0 saturated carbocycles. The number of nitrogens with one attached hydrogen (secondary N) is 2. The van der Waals surface area contributed by atoms with E-state index in [0.717, 1.165) is 11.8 Å². The second-order valence-corrected chi connectivity index (χ2v) is 7.10. The van der Waals surface area contributed by atoms with Crippen molar-refractivity contribution in [1.29, 1.82) is 0 Å². The average Bonchev–Trinajstić information content (AvgIpc) is 2.64. The van der Waals surface area contributed by atoms with E-state index in [4.69, 9.17) is 0 Å². The number of nitrogens with zero attached hydrogens (tertiary/aromatic N) is 2. The molecule has 0 bridgehead atoms. The molecule has 0 fully saturated rings. The molecule has 1 aromatic heterocycles. The average molecular weight is 406 g/mol. The summed E-state index contributed by atoms with van der Waals surface area (Å²) in [7, 11) is 1.27. The normalized spacial score (nSPS) is 10.7. The van der Waals surface area contributed by atoms with Crippen LogP contribution in [0.25, 0.3) is 10.9 Å². The highest BCUT2D eigenvalue weighted by Gasteiger charge is 2.15. The first-order chi connectivity index (χ1) is 13.3. The number of para-hydroxylation sites is 1. The van der Waals surface area contributed by atoms with Crippen molar-refractivity contribution in [3.05, 3.63) is 34.6 Å². The number of amides is 3. The number of ether oxygens (including phenoxy) is 1. The van der Waals surface area contributed by atoms with Crippen molar-refractivity contribution < 1.29 is 19.1 Å². The molecule has 3 amide bonds. The standard InChI is InChI=1S/C18H22N4O5S/c1-11(2)19-17(26)21-14(23)10-28-18-20-13-7-5-4-6-12(13)16(25)22(18)9-8-15(24)27-3/h4-7,11H,8-10H2,1-3H3,(H2,19,21,23,26). The lowest BCUT2D eigenvalue weighted by Crippen LogP contribution is -2.43. The Kier molecular flexibility index (Phi) is 7.56. The molecule has 2 aromatic rings. The number of fused-ring (bicyclic) bond motifs is 1. The fourth-order valence-electron chi connectivity index (χ4n) is 2.35. The van der Waals surface area contributed by atoms with E-state index >= 15 is 0 Å². The summed E-state index contributed by atoms with van der Waals surface area (Å²) in [6.45, 7) is 3.62. The molecule has 10 heteroatoms. The molecule has 0 radical (unpaired) electrons. The van der Waals surface area contributed by atoms with E-state index in [9.17, 15) is 19.2 Å². The van der Waals surface area contributed by atoms with E-state index in [0.29, 0.717) is 10.9 Å². The minimum absolute atomic E-state index is 0.00697. The SMILES string of the molecule is COC(=O)CCn1c(SCC(=O)NC(=O)NC(C)C)nc2ccccc2c1=O. The third-order valence-corrected chi connectivity index (χ3v) is 4.58. The Labute approximate surface area is 165 Å². The Bertz CT molecular complexity index is 941. The number of aromatic nitrogens is 2. The van der Waals surface area contributed by atoms with Crippen molar-refractivity contribution in [2.75, 3.05) is 12.9 Å². The Balaban J connectivity index is 2.21. The summed E-state index contributed by atoms with van der Waals surface area (Å²) < 4.78 is 5.96. The van der Waals surface area contributed by atoms with Crippen LogP contribution in [0.3, 0.4) is 0 Å².